The van der Waals surface area contributed by atoms with Gasteiger partial charge < -0.3 is 19.4 Å². The lowest BCUT2D eigenvalue weighted by atomic mass is 10.1. The minimum Gasteiger partial charge on any atom is -0.378 e. The molecule has 0 spiro atoms. The summed E-state index contributed by atoms with van der Waals surface area (Å²) in [6.07, 6.45) is 1.55. The van der Waals surface area contributed by atoms with Crippen LogP contribution >= 0.6 is 11.6 Å². The summed E-state index contributed by atoms with van der Waals surface area (Å²) in [5, 5.41) is 0.402. The fourth-order valence-electron chi connectivity index (χ4n) is 3.76. The van der Waals surface area contributed by atoms with E-state index >= 15 is 0 Å². The summed E-state index contributed by atoms with van der Waals surface area (Å²) in [6.45, 7) is 5.87. The number of halogens is 2. The quantitative estimate of drug-likeness (QED) is 0.725. The van der Waals surface area contributed by atoms with E-state index in [1.165, 1.54) is 6.07 Å². The molecule has 0 radical (unpaired) electrons. The number of benzene rings is 1. The Balaban J connectivity index is 1.39. The van der Waals surface area contributed by atoms with Gasteiger partial charge in [-0.2, -0.15) is 0 Å². The average molecular weight is 447 g/mol. The summed E-state index contributed by atoms with van der Waals surface area (Å²) in [7, 11) is 0. The molecule has 0 bridgehead atoms. The van der Waals surface area contributed by atoms with E-state index in [-0.39, 0.29) is 17.6 Å². The molecule has 1 aromatic heterocycles. The number of carbonyl (C=O) groups is 2. The average Bonchev–Trinajstić information content (AvgIpc) is 2.80. The first kappa shape index (κ1) is 21.5. The number of aryl methyl sites for hydroxylation is 1. The maximum absolute atomic E-state index is 13.8. The fraction of sp³-hybridized carbons (Fsp3) is 0.409. The Morgan fingerprint density at radius 3 is 2.26 bits per heavy atom. The van der Waals surface area contributed by atoms with Gasteiger partial charge in [-0.05, 0) is 30.7 Å². The van der Waals surface area contributed by atoms with Crippen molar-refractivity contribution in [3.05, 3.63) is 58.0 Å². The second kappa shape index (κ2) is 9.20. The summed E-state index contributed by atoms with van der Waals surface area (Å²) >= 11 is 6.45. The molecule has 1 aromatic carbocycles. The number of aromatic nitrogens is 1. The van der Waals surface area contributed by atoms with Crippen molar-refractivity contribution in [3.63, 3.8) is 0 Å². The topological polar surface area (TPSA) is 66.0 Å². The number of ether oxygens (including phenoxy) is 1. The zero-order valence-electron chi connectivity index (χ0n) is 17.3. The van der Waals surface area contributed by atoms with Gasteiger partial charge in [0.15, 0.2) is 0 Å². The SMILES string of the molecule is Cc1ccc(C(=O)N2CCN(c3ncc(C(=O)N4CCOCC4)cc3Cl)CC2)cc1F. The van der Waals surface area contributed by atoms with Crippen molar-refractivity contribution in [2.75, 3.05) is 57.4 Å². The Labute approximate surface area is 185 Å². The van der Waals surface area contributed by atoms with Crippen molar-refractivity contribution in [2.45, 2.75) is 6.92 Å². The monoisotopic (exact) mass is 446 g/mol. The van der Waals surface area contributed by atoms with E-state index in [2.05, 4.69) is 4.98 Å². The van der Waals surface area contributed by atoms with Crippen molar-refractivity contribution in [1.82, 2.24) is 14.8 Å². The summed E-state index contributed by atoms with van der Waals surface area (Å²) in [6, 6.07) is 6.19. The maximum atomic E-state index is 13.8. The van der Waals surface area contributed by atoms with Crippen LogP contribution in [-0.4, -0.2) is 79.1 Å². The molecule has 0 N–H and O–H groups in total. The number of rotatable bonds is 3. The molecule has 0 saturated carbocycles. The molecule has 2 aliphatic heterocycles. The van der Waals surface area contributed by atoms with Crippen molar-refractivity contribution in [3.8, 4) is 0 Å². The van der Waals surface area contributed by atoms with Crippen LogP contribution in [0.25, 0.3) is 0 Å². The molecule has 2 aromatic rings. The van der Waals surface area contributed by atoms with Gasteiger partial charge in [0, 0.05) is 51.0 Å². The van der Waals surface area contributed by atoms with E-state index in [0.717, 1.165) is 0 Å². The van der Waals surface area contributed by atoms with Crippen LogP contribution in [0.4, 0.5) is 10.2 Å². The number of hydrogen-bond acceptors (Lipinski definition) is 5. The molecule has 2 saturated heterocycles. The number of pyridine rings is 1. The molecule has 9 heteroatoms. The lowest BCUT2D eigenvalue weighted by Crippen LogP contribution is -2.49. The van der Waals surface area contributed by atoms with E-state index in [4.69, 9.17) is 16.3 Å². The van der Waals surface area contributed by atoms with E-state index in [1.807, 2.05) is 4.90 Å². The summed E-state index contributed by atoms with van der Waals surface area (Å²) in [5.41, 5.74) is 1.31. The maximum Gasteiger partial charge on any atom is 0.255 e. The van der Waals surface area contributed by atoms with Crippen molar-refractivity contribution < 1.29 is 18.7 Å². The highest BCUT2D eigenvalue weighted by Gasteiger charge is 2.26. The molecule has 0 unspecified atom stereocenters. The number of nitrogens with zero attached hydrogens (tertiary/aromatic N) is 4. The van der Waals surface area contributed by atoms with Crippen LogP contribution in [0, 0.1) is 12.7 Å². The van der Waals surface area contributed by atoms with E-state index in [9.17, 15) is 14.0 Å². The molecule has 0 aliphatic carbocycles. The fourth-order valence-corrected chi connectivity index (χ4v) is 4.05. The third kappa shape index (κ3) is 4.65. The third-order valence-electron chi connectivity index (χ3n) is 5.65. The third-order valence-corrected chi connectivity index (χ3v) is 5.93. The Morgan fingerprint density at radius 1 is 0.968 bits per heavy atom. The summed E-state index contributed by atoms with van der Waals surface area (Å²) < 4.78 is 19.1. The van der Waals surface area contributed by atoms with Gasteiger partial charge in [0.25, 0.3) is 11.8 Å². The number of piperazine rings is 1. The molecular weight excluding hydrogens is 423 g/mol. The van der Waals surface area contributed by atoms with Crippen LogP contribution in [0.15, 0.2) is 30.5 Å². The second-order valence-electron chi connectivity index (χ2n) is 7.68. The minimum absolute atomic E-state index is 0.106. The Hall–Kier alpha value is -2.71. The highest BCUT2D eigenvalue weighted by molar-refractivity contribution is 6.33. The molecule has 2 amide bonds. The highest BCUT2D eigenvalue weighted by Crippen LogP contribution is 2.26. The number of carbonyl (C=O) groups excluding carboxylic acids is 2. The standard InChI is InChI=1S/C22H24ClFN4O3/c1-15-2-3-16(13-19(15)24)21(29)27-6-4-26(5-7-27)20-18(23)12-17(14-25-20)22(30)28-8-10-31-11-9-28/h2-3,12-14H,4-11H2,1H3. The number of morpholine rings is 1. The van der Waals surface area contributed by atoms with Gasteiger partial charge in [0.1, 0.15) is 11.6 Å². The lowest BCUT2D eigenvalue weighted by molar-refractivity contribution is 0.0302. The number of amides is 2. The van der Waals surface area contributed by atoms with Crippen LogP contribution in [0.2, 0.25) is 5.02 Å². The van der Waals surface area contributed by atoms with Crippen LogP contribution in [-0.2, 0) is 4.74 Å². The first-order valence-electron chi connectivity index (χ1n) is 10.3. The smallest absolute Gasteiger partial charge is 0.255 e. The molecule has 7 nitrogen and oxygen atoms in total. The van der Waals surface area contributed by atoms with Crippen molar-refractivity contribution >= 4 is 29.2 Å². The van der Waals surface area contributed by atoms with Crippen LogP contribution in [0.5, 0.6) is 0 Å². The van der Waals surface area contributed by atoms with Gasteiger partial charge in [-0.25, -0.2) is 9.37 Å². The summed E-state index contributed by atoms with van der Waals surface area (Å²) in [5.74, 6) is -0.0880. The molecule has 4 rings (SSSR count). The van der Waals surface area contributed by atoms with Gasteiger partial charge in [0.05, 0.1) is 23.8 Å². The summed E-state index contributed by atoms with van der Waals surface area (Å²) in [4.78, 5) is 35.2. The van der Waals surface area contributed by atoms with Crippen molar-refractivity contribution in [2.24, 2.45) is 0 Å². The van der Waals surface area contributed by atoms with Gasteiger partial charge in [-0.15, -0.1) is 0 Å². The predicted octanol–water partition coefficient (Wildman–Crippen LogP) is 2.62. The minimum atomic E-state index is -0.382. The predicted molar refractivity (Wildman–Crippen MR) is 115 cm³/mol. The number of hydrogen-bond donors (Lipinski definition) is 0. The first-order valence-corrected chi connectivity index (χ1v) is 10.6. The normalized spacial score (nSPS) is 17.1. The van der Waals surface area contributed by atoms with E-state index in [0.29, 0.717) is 80.0 Å². The zero-order chi connectivity index (χ0) is 22.0. The van der Waals surface area contributed by atoms with Gasteiger partial charge in [-0.1, -0.05) is 17.7 Å². The largest absolute Gasteiger partial charge is 0.378 e. The Bertz CT molecular complexity index is 989. The Morgan fingerprint density at radius 2 is 1.61 bits per heavy atom. The molecule has 164 valence electrons. The number of anilines is 1. The van der Waals surface area contributed by atoms with Gasteiger partial charge in [-0.3, -0.25) is 9.59 Å². The van der Waals surface area contributed by atoms with Crippen molar-refractivity contribution in [1.29, 1.82) is 0 Å². The molecular formula is C22H24ClFN4O3. The van der Waals surface area contributed by atoms with Gasteiger partial charge >= 0.3 is 0 Å². The highest BCUT2D eigenvalue weighted by atomic mass is 35.5. The van der Waals surface area contributed by atoms with Gasteiger partial charge in [0.2, 0.25) is 0 Å². The molecule has 2 fully saturated rings. The lowest BCUT2D eigenvalue weighted by Gasteiger charge is -2.36. The first-order chi connectivity index (χ1) is 14.9. The molecule has 31 heavy (non-hydrogen) atoms. The van der Waals surface area contributed by atoms with E-state index < -0.39 is 0 Å². The van der Waals surface area contributed by atoms with E-state index in [1.54, 1.807) is 41.1 Å². The molecule has 0 atom stereocenters. The second-order valence-corrected chi connectivity index (χ2v) is 8.08. The van der Waals surface area contributed by atoms with Crippen LogP contribution in [0.3, 0.4) is 0 Å². The van der Waals surface area contributed by atoms with Crippen LogP contribution < -0.4 is 4.90 Å². The zero-order valence-corrected chi connectivity index (χ0v) is 18.1. The van der Waals surface area contributed by atoms with Crippen LogP contribution in [0.1, 0.15) is 26.3 Å². The molecule has 2 aliphatic rings. The Kier molecular flexibility index (Phi) is 6.38. The molecule has 3 heterocycles.